The number of hydrogen-bond acceptors (Lipinski definition) is 4. The van der Waals surface area contributed by atoms with Crippen LogP contribution in [0.4, 0.5) is 5.95 Å². The van der Waals surface area contributed by atoms with E-state index >= 15 is 0 Å². The minimum Gasteiger partial charge on any atom is -0.497 e. The monoisotopic (exact) mass is 424 g/mol. The summed E-state index contributed by atoms with van der Waals surface area (Å²) in [5, 5.41) is 5.14. The van der Waals surface area contributed by atoms with Crippen LogP contribution in [0.3, 0.4) is 0 Å². The first kappa shape index (κ1) is 20.4. The van der Waals surface area contributed by atoms with Gasteiger partial charge >= 0.3 is 0 Å². The lowest BCUT2D eigenvalue weighted by atomic mass is 9.91. The van der Waals surface area contributed by atoms with Crippen molar-refractivity contribution in [2.24, 2.45) is 5.92 Å². The molecule has 1 aliphatic heterocycles. The van der Waals surface area contributed by atoms with Gasteiger partial charge in [-0.2, -0.15) is 10.1 Å². The molecule has 7 heteroatoms. The van der Waals surface area contributed by atoms with Crippen LogP contribution >= 0.6 is 11.6 Å². The Kier molecular flexibility index (Phi) is 5.77. The molecule has 0 saturated heterocycles. The summed E-state index contributed by atoms with van der Waals surface area (Å²) in [7, 11) is 1.65. The second kappa shape index (κ2) is 8.48. The highest BCUT2D eigenvalue weighted by atomic mass is 35.5. The molecule has 1 aliphatic rings. The van der Waals surface area contributed by atoms with Crippen LogP contribution in [-0.4, -0.2) is 27.8 Å². The fourth-order valence-corrected chi connectivity index (χ4v) is 4.12. The minimum absolute atomic E-state index is 0.0443. The predicted octanol–water partition coefficient (Wildman–Crippen LogP) is 5.05. The van der Waals surface area contributed by atoms with Gasteiger partial charge in [-0.3, -0.25) is 9.69 Å². The number of rotatable bonds is 5. The number of carbonyl (C=O) groups is 1. The summed E-state index contributed by atoms with van der Waals surface area (Å²) in [4.78, 5) is 19.5. The maximum Gasteiger partial charge on any atom is 0.231 e. The largest absolute Gasteiger partial charge is 0.497 e. The van der Waals surface area contributed by atoms with E-state index in [0.29, 0.717) is 23.8 Å². The van der Waals surface area contributed by atoms with Crippen molar-refractivity contribution in [1.29, 1.82) is 0 Å². The van der Waals surface area contributed by atoms with Crippen molar-refractivity contribution in [3.05, 3.63) is 71.0 Å². The van der Waals surface area contributed by atoms with Crippen LogP contribution in [-0.2, 0) is 4.79 Å². The number of aromatic nitrogens is 3. The van der Waals surface area contributed by atoms with Gasteiger partial charge in [-0.05, 0) is 47.7 Å². The molecule has 0 unspecified atom stereocenters. The molecule has 3 aromatic rings. The Morgan fingerprint density at radius 3 is 2.37 bits per heavy atom. The van der Waals surface area contributed by atoms with Crippen molar-refractivity contribution in [2.45, 2.75) is 38.8 Å². The summed E-state index contributed by atoms with van der Waals surface area (Å²) in [5.74, 6) is 1.68. The summed E-state index contributed by atoms with van der Waals surface area (Å²) < 4.78 is 7.15. The van der Waals surface area contributed by atoms with Gasteiger partial charge in [-0.1, -0.05) is 49.7 Å². The standard InChI is InChI=1S/C23H25ClN4O2/c1-15(2)12-22(29)27-20(16-4-8-18(24)9-5-16)13-21(28-23(27)25-14-26-28)17-6-10-19(30-3)11-7-17/h4-11,14-15,20-21H,12-13H2,1-3H3/t20-,21-/m1/s1. The summed E-state index contributed by atoms with van der Waals surface area (Å²) in [6, 6.07) is 15.5. The van der Waals surface area contributed by atoms with E-state index in [1.165, 1.54) is 6.33 Å². The van der Waals surface area contributed by atoms with E-state index < -0.39 is 0 Å². The van der Waals surface area contributed by atoms with Gasteiger partial charge in [-0.25, -0.2) is 4.68 Å². The van der Waals surface area contributed by atoms with Crippen LogP contribution in [0, 0.1) is 5.92 Å². The zero-order valence-corrected chi connectivity index (χ0v) is 18.1. The molecule has 0 N–H and O–H groups in total. The number of benzene rings is 2. The van der Waals surface area contributed by atoms with Crippen molar-refractivity contribution < 1.29 is 9.53 Å². The first-order valence-corrected chi connectivity index (χ1v) is 10.5. The lowest BCUT2D eigenvalue weighted by Gasteiger charge is -2.39. The topological polar surface area (TPSA) is 60.2 Å². The molecule has 0 radical (unpaired) electrons. The molecule has 2 heterocycles. The Hall–Kier alpha value is -2.86. The lowest BCUT2D eigenvalue weighted by Crippen LogP contribution is -2.43. The van der Waals surface area contributed by atoms with E-state index in [0.717, 1.165) is 16.9 Å². The number of hydrogen-bond donors (Lipinski definition) is 0. The third-order valence-corrected chi connectivity index (χ3v) is 5.68. The van der Waals surface area contributed by atoms with E-state index in [9.17, 15) is 4.79 Å². The van der Waals surface area contributed by atoms with Gasteiger partial charge in [0.05, 0.1) is 19.2 Å². The van der Waals surface area contributed by atoms with Crippen LogP contribution in [0.2, 0.25) is 5.02 Å². The van der Waals surface area contributed by atoms with Gasteiger partial charge in [0.1, 0.15) is 12.1 Å². The molecule has 0 saturated carbocycles. The number of nitrogens with zero attached hydrogens (tertiary/aromatic N) is 4. The average Bonchev–Trinajstić information content (AvgIpc) is 3.22. The summed E-state index contributed by atoms with van der Waals surface area (Å²) in [6.45, 7) is 4.09. The molecule has 0 spiro atoms. The molecular formula is C23H25ClN4O2. The zero-order chi connectivity index (χ0) is 21.3. The van der Waals surface area contributed by atoms with Gasteiger partial charge in [0.25, 0.3) is 0 Å². The molecule has 1 amide bonds. The van der Waals surface area contributed by atoms with Crippen molar-refractivity contribution in [3.63, 3.8) is 0 Å². The highest BCUT2D eigenvalue weighted by Crippen LogP contribution is 2.42. The van der Waals surface area contributed by atoms with Crippen LogP contribution < -0.4 is 9.64 Å². The maximum absolute atomic E-state index is 13.2. The SMILES string of the molecule is COc1ccc([C@H]2C[C@H](c3ccc(Cl)cc3)N(C(=O)CC(C)C)c3ncnn32)cc1. The Morgan fingerprint density at radius 1 is 1.10 bits per heavy atom. The third kappa shape index (κ3) is 3.92. The third-order valence-electron chi connectivity index (χ3n) is 5.43. The highest BCUT2D eigenvalue weighted by molar-refractivity contribution is 6.30. The number of anilines is 1. The molecule has 156 valence electrons. The van der Waals surface area contributed by atoms with Crippen LogP contribution in [0.1, 0.15) is 49.9 Å². The van der Waals surface area contributed by atoms with Crippen molar-refractivity contribution >= 4 is 23.5 Å². The molecule has 2 atom stereocenters. The number of fused-ring (bicyclic) bond motifs is 1. The second-order valence-corrected chi connectivity index (χ2v) is 8.39. The molecule has 1 aromatic heterocycles. The Balaban J connectivity index is 1.79. The van der Waals surface area contributed by atoms with Gasteiger partial charge in [0, 0.05) is 11.4 Å². The van der Waals surface area contributed by atoms with E-state index in [1.807, 2.05) is 67.1 Å². The van der Waals surface area contributed by atoms with Gasteiger partial charge < -0.3 is 4.74 Å². The fourth-order valence-electron chi connectivity index (χ4n) is 4.00. The summed E-state index contributed by atoms with van der Waals surface area (Å²) >= 11 is 6.12. The minimum atomic E-state index is -0.155. The molecule has 2 aromatic carbocycles. The maximum atomic E-state index is 13.2. The molecule has 0 fully saturated rings. The smallest absolute Gasteiger partial charge is 0.231 e. The quantitative estimate of drug-likeness (QED) is 0.574. The summed E-state index contributed by atoms with van der Waals surface area (Å²) in [5.41, 5.74) is 2.13. The summed E-state index contributed by atoms with van der Waals surface area (Å²) in [6.07, 6.45) is 2.66. The van der Waals surface area contributed by atoms with E-state index in [1.54, 1.807) is 12.0 Å². The van der Waals surface area contributed by atoms with Crippen molar-refractivity contribution in [1.82, 2.24) is 14.8 Å². The number of ether oxygens (including phenoxy) is 1. The molecule has 4 rings (SSSR count). The molecule has 6 nitrogen and oxygen atoms in total. The lowest BCUT2D eigenvalue weighted by molar-refractivity contribution is -0.120. The molecule has 0 bridgehead atoms. The van der Waals surface area contributed by atoms with Crippen molar-refractivity contribution in [3.8, 4) is 5.75 Å². The first-order chi connectivity index (χ1) is 14.5. The highest BCUT2D eigenvalue weighted by Gasteiger charge is 2.39. The first-order valence-electron chi connectivity index (χ1n) is 10.1. The second-order valence-electron chi connectivity index (χ2n) is 7.96. The zero-order valence-electron chi connectivity index (χ0n) is 17.3. The molecule has 0 aliphatic carbocycles. The van der Waals surface area contributed by atoms with Crippen molar-refractivity contribution in [2.75, 3.05) is 12.0 Å². The predicted molar refractivity (Wildman–Crippen MR) is 117 cm³/mol. The molecule has 30 heavy (non-hydrogen) atoms. The molecular weight excluding hydrogens is 400 g/mol. The van der Waals surface area contributed by atoms with Crippen LogP contribution in [0.25, 0.3) is 0 Å². The Morgan fingerprint density at radius 2 is 1.73 bits per heavy atom. The normalized spacial score (nSPS) is 18.4. The number of amides is 1. The van der Waals surface area contributed by atoms with E-state index in [4.69, 9.17) is 16.3 Å². The Labute approximate surface area is 181 Å². The average molecular weight is 425 g/mol. The Bertz CT molecular complexity index is 1010. The fraction of sp³-hybridized carbons (Fsp3) is 0.348. The van der Waals surface area contributed by atoms with Gasteiger partial charge in [0.15, 0.2) is 0 Å². The van der Waals surface area contributed by atoms with Gasteiger partial charge in [0.2, 0.25) is 11.9 Å². The number of methoxy groups -OCH3 is 1. The number of carbonyl (C=O) groups excluding carboxylic acids is 1. The van der Waals surface area contributed by atoms with E-state index in [2.05, 4.69) is 10.1 Å². The van der Waals surface area contributed by atoms with Crippen LogP contribution in [0.15, 0.2) is 54.9 Å². The number of halogens is 1. The van der Waals surface area contributed by atoms with E-state index in [-0.39, 0.29) is 23.9 Å². The van der Waals surface area contributed by atoms with Gasteiger partial charge in [-0.15, -0.1) is 0 Å². The van der Waals surface area contributed by atoms with Crippen LogP contribution in [0.5, 0.6) is 5.75 Å².